The van der Waals surface area contributed by atoms with Crippen LogP contribution in [0.25, 0.3) is 11.0 Å². The average molecular weight is 591 g/mol. The van der Waals surface area contributed by atoms with Gasteiger partial charge in [-0.2, -0.15) is 0 Å². The molecule has 0 radical (unpaired) electrons. The zero-order valence-electron chi connectivity index (χ0n) is 22.2. The molecule has 2 aliphatic rings. The summed E-state index contributed by atoms with van der Waals surface area (Å²) in [5, 5.41) is 62.7. The molecule has 42 heavy (non-hydrogen) atoms. The summed E-state index contributed by atoms with van der Waals surface area (Å²) in [7, 11) is 0. The predicted molar refractivity (Wildman–Crippen MR) is 140 cm³/mol. The quantitative estimate of drug-likeness (QED) is 0.142. The highest BCUT2D eigenvalue weighted by Gasteiger charge is 2.51. The highest BCUT2D eigenvalue weighted by molar-refractivity contribution is 5.89. The number of rotatable bonds is 8. The van der Waals surface area contributed by atoms with Crippen LogP contribution in [0.2, 0.25) is 0 Å². The van der Waals surface area contributed by atoms with Crippen molar-refractivity contribution >= 4 is 16.9 Å². The van der Waals surface area contributed by atoms with E-state index in [-0.39, 0.29) is 22.6 Å². The van der Waals surface area contributed by atoms with Gasteiger partial charge in [-0.15, -0.1) is 0 Å². The number of aliphatic hydroxyl groups is 5. The molecule has 14 nitrogen and oxygen atoms in total. The molecule has 3 heterocycles. The second kappa shape index (κ2) is 11.9. The van der Waals surface area contributed by atoms with Gasteiger partial charge in [-0.1, -0.05) is 12.1 Å². The zero-order chi connectivity index (χ0) is 30.2. The van der Waals surface area contributed by atoms with Crippen LogP contribution in [0.15, 0.2) is 57.7 Å². The van der Waals surface area contributed by atoms with Crippen molar-refractivity contribution in [2.45, 2.75) is 55.6 Å². The Kier molecular flexibility index (Phi) is 8.50. The minimum atomic E-state index is -2.03. The fourth-order valence-corrected chi connectivity index (χ4v) is 4.71. The van der Waals surface area contributed by atoms with Crippen LogP contribution in [-0.4, -0.2) is 105 Å². The van der Waals surface area contributed by atoms with E-state index in [0.29, 0.717) is 10.9 Å². The minimum absolute atomic E-state index is 0.0214. The number of phenols is 1. The summed E-state index contributed by atoms with van der Waals surface area (Å²) in [4.78, 5) is 24.3. The van der Waals surface area contributed by atoms with Gasteiger partial charge in [0.25, 0.3) is 0 Å². The Hall–Kier alpha value is -3.60. The maximum absolute atomic E-state index is 12.2. The van der Waals surface area contributed by atoms with Gasteiger partial charge in [0.1, 0.15) is 54.2 Å². The molecule has 5 rings (SSSR count). The van der Waals surface area contributed by atoms with Crippen molar-refractivity contribution in [1.29, 1.82) is 0 Å². The summed E-state index contributed by atoms with van der Waals surface area (Å²) in [6, 6.07) is 11.3. The lowest BCUT2D eigenvalue weighted by Gasteiger charge is -2.40. The van der Waals surface area contributed by atoms with Crippen molar-refractivity contribution in [3.63, 3.8) is 0 Å². The molecule has 2 aliphatic heterocycles. The normalized spacial score (nSPS) is 31.2. The molecule has 2 aromatic carbocycles. The van der Waals surface area contributed by atoms with Crippen molar-refractivity contribution in [3.05, 3.63) is 70.1 Å². The lowest BCUT2D eigenvalue weighted by Crippen LogP contribution is -2.60. The number of hydrogen-bond donors (Lipinski definition) is 6. The number of aromatic hydroxyl groups is 1. The number of benzene rings is 2. The Balaban J connectivity index is 1.22. The Bertz CT molecular complexity index is 1470. The largest absolute Gasteiger partial charge is 0.508 e. The van der Waals surface area contributed by atoms with Crippen molar-refractivity contribution in [1.82, 2.24) is 0 Å². The molecular formula is C28H30O14. The van der Waals surface area contributed by atoms with Crippen LogP contribution >= 0.6 is 0 Å². The summed E-state index contributed by atoms with van der Waals surface area (Å²) in [6.07, 6.45) is -11.1. The number of carbonyl (C=O) groups excluding carboxylic acids is 1. The molecule has 0 unspecified atom stereocenters. The van der Waals surface area contributed by atoms with Gasteiger partial charge < -0.3 is 58.7 Å². The summed E-state index contributed by atoms with van der Waals surface area (Å²) in [6.45, 7) is 0.152. The first kappa shape index (κ1) is 29.9. The fourth-order valence-electron chi connectivity index (χ4n) is 4.71. The highest BCUT2D eigenvalue weighted by Crippen LogP contribution is 2.32. The summed E-state index contributed by atoms with van der Waals surface area (Å²) in [5.74, 6) is -0.836. The maximum atomic E-state index is 12.2. The Morgan fingerprint density at radius 3 is 2.50 bits per heavy atom. The fraction of sp³-hybridized carbons (Fsp3) is 0.429. The molecule has 1 aromatic heterocycles. The molecule has 0 bridgehead atoms. The van der Waals surface area contributed by atoms with E-state index < -0.39 is 80.1 Å². The number of aliphatic hydroxyl groups excluding tert-OH is 4. The average Bonchev–Trinajstić information content (AvgIpc) is 3.24. The Labute approximate surface area is 237 Å². The van der Waals surface area contributed by atoms with E-state index in [0.717, 1.165) is 6.07 Å². The molecule has 14 heteroatoms. The number of aryl methyl sites for hydroxylation is 1. The first-order chi connectivity index (χ1) is 20.0. The van der Waals surface area contributed by atoms with Gasteiger partial charge in [0, 0.05) is 0 Å². The maximum Gasteiger partial charge on any atom is 0.339 e. The zero-order valence-corrected chi connectivity index (χ0v) is 22.2. The first-order valence-electron chi connectivity index (χ1n) is 13.0. The van der Waals surface area contributed by atoms with Crippen LogP contribution in [-0.2, 0) is 18.9 Å². The molecule has 0 aliphatic carbocycles. The number of ether oxygens (including phenoxy) is 5. The van der Waals surface area contributed by atoms with E-state index in [1.165, 1.54) is 24.3 Å². The third-order valence-electron chi connectivity index (χ3n) is 7.14. The van der Waals surface area contributed by atoms with Crippen molar-refractivity contribution in [3.8, 4) is 11.5 Å². The van der Waals surface area contributed by atoms with E-state index in [1.54, 1.807) is 25.1 Å². The molecule has 3 aromatic rings. The summed E-state index contributed by atoms with van der Waals surface area (Å²) < 4.78 is 32.6. The highest BCUT2D eigenvalue weighted by atomic mass is 16.7. The number of hydrogen-bond acceptors (Lipinski definition) is 14. The topological polar surface area (TPSA) is 215 Å². The SMILES string of the molecule is Cc1cccc2oc(=O)cc(O[C@H]3O[C@@H](CO[C@H]4OC[C@@](O)(COC(=O)c5ccc(O)cc5)[C@@H]4O)[C@H](O)[C@@H](O)[C@@H]3O)c12. The smallest absolute Gasteiger partial charge is 0.339 e. The van der Waals surface area contributed by atoms with E-state index in [2.05, 4.69) is 0 Å². The predicted octanol–water partition coefficient (Wildman–Crippen LogP) is -0.685. The lowest BCUT2D eigenvalue weighted by atomic mass is 9.99. The van der Waals surface area contributed by atoms with E-state index >= 15 is 0 Å². The molecule has 226 valence electrons. The number of phenolic OH excluding ortho intramolecular Hbond substituents is 1. The van der Waals surface area contributed by atoms with Crippen LogP contribution in [0.5, 0.6) is 11.5 Å². The van der Waals surface area contributed by atoms with Crippen LogP contribution in [0, 0.1) is 6.92 Å². The van der Waals surface area contributed by atoms with E-state index in [1.807, 2.05) is 0 Å². The Morgan fingerprint density at radius 2 is 1.76 bits per heavy atom. The van der Waals surface area contributed by atoms with Gasteiger partial charge in [0.05, 0.1) is 30.2 Å². The number of esters is 1. The second-order valence-corrected chi connectivity index (χ2v) is 10.2. The summed E-state index contributed by atoms with van der Waals surface area (Å²) >= 11 is 0. The summed E-state index contributed by atoms with van der Waals surface area (Å²) in [5.41, 5.74) is -1.71. The van der Waals surface area contributed by atoms with Gasteiger partial charge in [0.15, 0.2) is 11.9 Å². The van der Waals surface area contributed by atoms with E-state index in [4.69, 9.17) is 28.1 Å². The molecule has 2 fully saturated rings. The van der Waals surface area contributed by atoms with E-state index in [9.17, 15) is 40.2 Å². The van der Waals surface area contributed by atoms with Crippen LogP contribution in [0.3, 0.4) is 0 Å². The number of fused-ring (bicyclic) bond motifs is 1. The molecule has 0 amide bonds. The van der Waals surface area contributed by atoms with Gasteiger partial charge in [0.2, 0.25) is 6.29 Å². The van der Waals surface area contributed by atoms with Crippen molar-refractivity contribution in [2.24, 2.45) is 0 Å². The number of carbonyl (C=O) groups is 1. The van der Waals surface area contributed by atoms with Gasteiger partial charge in [-0.25, -0.2) is 9.59 Å². The molecule has 8 atom stereocenters. The second-order valence-electron chi connectivity index (χ2n) is 10.2. The van der Waals surface area contributed by atoms with Crippen molar-refractivity contribution in [2.75, 3.05) is 19.8 Å². The third kappa shape index (κ3) is 5.97. The van der Waals surface area contributed by atoms with Gasteiger partial charge in [-0.3, -0.25) is 0 Å². The molecule has 6 N–H and O–H groups in total. The standard InChI is InChI=1S/C28H30O14/c1-13-3-2-4-16-20(13)17(9-19(30)40-16)41-26-23(33)22(32)21(31)18(42-26)10-37-27-24(34)28(36,12-39-27)11-38-25(35)14-5-7-15(29)8-6-14/h2-9,18,21-24,26-27,29,31-34,36H,10-12H2,1H3/t18-,21-,22+,23-,24+,26-,27-,28-/m0/s1. The first-order valence-corrected chi connectivity index (χ1v) is 13.0. The van der Waals surface area contributed by atoms with Crippen LogP contribution < -0.4 is 10.4 Å². The molecule has 0 saturated carbocycles. The lowest BCUT2D eigenvalue weighted by molar-refractivity contribution is -0.289. The van der Waals surface area contributed by atoms with Crippen molar-refractivity contribution < 1.29 is 63.5 Å². The van der Waals surface area contributed by atoms with Crippen LogP contribution in [0.1, 0.15) is 15.9 Å². The molecule has 2 saturated heterocycles. The monoisotopic (exact) mass is 590 g/mol. The molecular weight excluding hydrogens is 560 g/mol. The molecule has 0 spiro atoms. The third-order valence-corrected chi connectivity index (χ3v) is 7.14. The minimum Gasteiger partial charge on any atom is -0.508 e. The Morgan fingerprint density at radius 1 is 1.02 bits per heavy atom. The van der Waals surface area contributed by atoms with Gasteiger partial charge >= 0.3 is 11.6 Å². The van der Waals surface area contributed by atoms with Crippen LogP contribution in [0.4, 0.5) is 0 Å². The van der Waals surface area contributed by atoms with Gasteiger partial charge in [-0.05, 0) is 42.8 Å².